The van der Waals surface area contributed by atoms with Crippen molar-refractivity contribution in [3.63, 3.8) is 0 Å². The highest BCUT2D eigenvalue weighted by Crippen LogP contribution is 2.23. The third kappa shape index (κ3) is 4.93. The molecule has 24 heavy (non-hydrogen) atoms. The Morgan fingerprint density at radius 2 is 1.67 bits per heavy atom. The molecule has 0 radical (unpaired) electrons. The van der Waals surface area contributed by atoms with E-state index in [1.807, 2.05) is 4.90 Å². The van der Waals surface area contributed by atoms with Gasteiger partial charge in [-0.15, -0.1) is 12.4 Å². The van der Waals surface area contributed by atoms with E-state index in [-0.39, 0.29) is 24.1 Å². The Balaban J connectivity index is 0.00000208. The molecular weight excluding hydrogens is 327 g/mol. The molecule has 1 atom stereocenters. The average Bonchev–Trinajstić information content (AvgIpc) is 2.61. The Hall–Kier alpha value is -1.13. The van der Waals surface area contributed by atoms with Crippen molar-refractivity contribution in [2.75, 3.05) is 26.2 Å². The summed E-state index contributed by atoms with van der Waals surface area (Å²) in [5, 5.41) is 0. The quantitative estimate of drug-likeness (QED) is 0.812. The first-order chi connectivity index (χ1) is 11.2. The predicted octanol–water partition coefficient (Wildman–Crippen LogP) is 4.12. The van der Waals surface area contributed by atoms with E-state index in [2.05, 4.69) is 4.90 Å². The smallest absolute Gasteiger partial charge is 0.254 e. The Labute approximate surface area is 150 Å². The Bertz CT molecular complexity index is 517. The van der Waals surface area contributed by atoms with Crippen molar-refractivity contribution in [1.82, 2.24) is 9.80 Å². The molecular formula is C19H28ClFN2O. The van der Waals surface area contributed by atoms with Crippen molar-refractivity contribution in [2.24, 2.45) is 0 Å². The molecule has 1 aromatic carbocycles. The topological polar surface area (TPSA) is 23.6 Å². The van der Waals surface area contributed by atoms with Crippen LogP contribution in [0.3, 0.4) is 0 Å². The molecule has 1 unspecified atom stereocenters. The van der Waals surface area contributed by atoms with Gasteiger partial charge in [0.2, 0.25) is 0 Å². The molecule has 2 saturated heterocycles. The minimum atomic E-state index is -0.290. The van der Waals surface area contributed by atoms with Crippen LogP contribution in [0.4, 0.5) is 4.39 Å². The molecule has 0 aromatic heterocycles. The molecule has 0 saturated carbocycles. The van der Waals surface area contributed by atoms with E-state index >= 15 is 0 Å². The minimum Gasteiger partial charge on any atom is -0.336 e. The first-order valence-corrected chi connectivity index (χ1v) is 9.03. The number of carbonyl (C=O) groups is 1. The molecule has 2 aliphatic rings. The van der Waals surface area contributed by atoms with E-state index in [1.54, 1.807) is 12.1 Å². The van der Waals surface area contributed by atoms with Crippen molar-refractivity contribution >= 4 is 18.3 Å². The minimum absolute atomic E-state index is 0. The zero-order valence-corrected chi connectivity index (χ0v) is 15.1. The fourth-order valence-electron chi connectivity index (χ4n) is 3.84. The zero-order valence-electron chi connectivity index (χ0n) is 14.3. The highest BCUT2D eigenvalue weighted by Gasteiger charge is 2.27. The van der Waals surface area contributed by atoms with Gasteiger partial charge in [0.15, 0.2) is 0 Å². The second-order valence-electron chi connectivity index (χ2n) is 6.85. The fraction of sp³-hybridized carbons (Fsp3) is 0.632. The lowest BCUT2D eigenvalue weighted by molar-refractivity contribution is 0.0579. The van der Waals surface area contributed by atoms with Crippen molar-refractivity contribution in [1.29, 1.82) is 0 Å². The van der Waals surface area contributed by atoms with Crippen LogP contribution in [0.15, 0.2) is 24.3 Å². The molecule has 134 valence electrons. The van der Waals surface area contributed by atoms with Crippen LogP contribution in [-0.4, -0.2) is 47.9 Å². The average molecular weight is 355 g/mol. The summed E-state index contributed by atoms with van der Waals surface area (Å²) in [4.78, 5) is 17.3. The number of amides is 1. The third-order valence-corrected chi connectivity index (χ3v) is 5.21. The van der Waals surface area contributed by atoms with Gasteiger partial charge in [-0.1, -0.05) is 6.42 Å². The second-order valence-corrected chi connectivity index (χ2v) is 6.85. The van der Waals surface area contributed by atoms with Crippen molar-refractivity contribution in [2.45, 2.75) is 51.0 Å². The van der Waals surface area contributed by atoms with E-state index < -0.39 is 0 Å². The third-order valence-electron chi connectivity index (χ3n) is 5.21. The highest BCUT2D eigenvalue weighted by atomic mass is 35.5. The first-order valence-electron chi connectivity index (χ1n) is 9.03. The molecule has 0 N–H and O–H groups in total. The van der Waals surface area contributed by atoms with Gasteiger partial charge in [-0.25, -0.2) is 4.39 Å². The summed E-state index contributed by atoms with van der Waals surface area (Å²) in [7, 11) is 0. The van der Waals surface area contributed by atoms with Gasteiger partial charge in [0, 0.05) is 24.7 Å². The monoisotopic (exact) mass is 354 g/mol. The number of hydrogen-bond acceptors (Lipinski definition) is 2. The van der Waals surface area contributed by atoms with E-state index in [1.165, 1.54) is 50.9 Å². The molecule has 3 rings (SSSR count). The van der Waals surface area contributed by atoms with Crippen molar-refractivity contribution < 1.29 is 9.18 Å². The second kappa shape index (κ2) is 9.38. The Morgan fingerprint density at radius 3 is 2.38 bits per heavy atom. The molecule has 0 spiro atoms. The predicted molar refractivity (Wildman–Crippen MR) is 97.2 cm³/mol. The summed E-state index contributed by atoms with van der Waals surface area (Å²) in [6.45, 7) is 4.34. The maximum Gasteiger partial charge on any atom is 0.254 e. The van der Waals surface area contributed by atoms with Crippen LogP contribution in [-0.2, 0) is 0 Å². The van der Waals surface area contributed by atoms with Crippen molar-refractivity contribution in [3.05, 3.63) is 35.6 Å². The standard InChI is InChI=1S/C19H27FN2O.ClH/c20-17-9-7-16(8-10-17)19(23)22-14-5-2-6-18(22)11-15-21-12-3-1-4-13-21;/h7-10,18H,1-6,11-15H2;1H. The van der Waals surface area contributed by atoms with Crippen LogP contribution >= 0.6 is 12.4 Å². The summed E-state index contributed by atoms with van der Waals surface area (Å²) in [5.41, 5.74) is 0.608. The summed E-state index contributed by atoms with van der Waals surface area (Å²) >= 11 is 0. The number of carbonyl (C=O) groups excluding carboxylic acids is 1. The fourth-order valence-corrected chi connectivity index (χ4v) is 3.84. The molecule has 0 aliphatic carbocycles. The van der Waals surface area contributed by atoms with Crippen LogP contribution in [0.2, 0.25) is 0 Å². The number of halogens is 2. The molecule has 2 heterocycles. The highest BCUT2D eigenvalue weighted by molar-refractivity contribution is 5.94. The van der Waals surface area contributed by atoms with E-state index in [0.717, 1.165) is 32.4 Å². The normalized spacial score (nSPS) is 22.0. The van der Waals surface area contributed by atoms with Gasteiger partial charge in [-0.2, -0.15) is 0 Å². The van der Waals surface area contributed by atoms with Crippen LogP contribution < -0.4 is 0 Å². The summed E-state index contributed by atoms with van der Waals surface area (Å²) in [6, 6.07) is 6.30. The molecule has 0 bridgehead atoms. The molecule has 2 fully saturated rings. The van der Waals surface area contributed by atoms with Crippen LogP contribution in [0, 0.1) is 5.82 Å². The molecule has 1 aromatic rings. The number of likely N-dealkylation sites (tertiary alicyclic amines) is 2. The summed E-state index contributed by atoms with van der Waals surface area (Å²) < 4.78 is 13.1. The maximum atomic E-state index is 13.1. The number of hydrogen-bond donors (Lipinski definition) is 0. The lowest BCUT2D eigenvalue weighted by Gasteiger charge is -2.37. The number of nitrogens with zero attached hydrogens (tertiary/aromatic N) is 2. The van der Waals surface area contributed by atoms with Gasteiger partial charge in [0.1, 0.15) is 5.82 Å². The molecule has 5 heteroatoms. The van der Waals surface area contributed by atoms with E-state index in [0.29, 0.717) is 11.6 Å². The van der Waals surface area contributed by atoms with Gasteiger partial charge < -0.3 is 9.80 Å². The van der Waals surface area contributed by atoms with Gasteiger partial charge >= 0.3 is 0 Å². The van der Waals surface area contributed by atoms with Crippen LogP contribution in [0.5, 0.6) is 0 Å². The summed E-state index contributed by atoms with van der Waals surface area (Å²) in [6.07, 6.45) is 8.42. The van der Waals surface area contributed by atoms with Gasteiger partial charge in [-0.05, 0) is 75.9 Å². The summed E-state index contributed by atoms with van der Waals surface area (Å²) in [5.74, 6) is -0.227. The first kappa shape index (κ1) is 19.2. The van der Waals surface area contributed by atoms with Crippen molar-refractivity contribution in [3.8, 4) is 0 Å². The van der Waals surface area contributed by atoms with Gasteiger partial charge in [-0.3, -0.25) is 4.79 Å². The van der Waals surface area contributed by atoms with Crippen LogP contribution in [0.25, 0.3) is 0 Å². The lowest BCUT2D eigenvalue weighted by Crippen LogP contribution is -2.45. The largest absolute Gasteiger partial charge is 0.336 e. The Kier molecular flexibility index (Phi) is 7.50. The number of benzene rings is 1. The van der Waals surface area contributed by atoms with Crippen LogP contribution in [0.1, 0.15) is 55.3 Å². The van der Waals surface area contributed by atoms with E-state index in [9.17, 15) is 9.18 Å². The number of rotatable bonds is 4. The Morgan fingerprint density at radius 1 is 1.00 bits per heavy atom. The van der Waals surface area contributed by atoms with Gasteiger partial charge in [0.05, 0.1) is 0 Å². The SMILES string of the molecule is Cl.O=C(c1ccc(F)cc1)N1CCCCC1CCN1CCCCC1. The lowest BCUT2D eigenvalue weighted by atomic mass is 9.97. The number of piperidine rings is 2. The zero-order chi connectivity index (χ0) is 16.1. The van der Waals surface area contributed by atoms with E-state index in [4.69, 9.17) is 0 Å². The molecule has 1 amide bonds. The molecule has 2 aliphatic heterocycles. The molecule has 3 nitrogen and oxygen atoms in total. The van der Waals surface area contributed by atoms with Gasteiger partial charge in [0.25, 0.3) is 5.91 Å². The maximum absolute atomic E-state index is 13.1.